The van der Waals surface area contributed by atoms with E-state index in [1.54, 1.807) is 0 Å². The lowest BCUT2D eigenvalue weighted by Crippen LogP contribution is -2.57. The summed E-state index contributed by atoms with van der Waals surface area (Å²) in [6.07, 6.45) is 3.41. The number of ether oxygens (including phenoxy) is 1. The summed E-state index contributed by atoms with van der Waals surface area (Å²) in [6, 6.07) is 21.2. The minimum Gasteiger partial charge on any atom is -0.379 e. The van der Waals surface area contributed by atoms with Crippen LogP contribution in [0.1, 0.15) is 30.4 Å². The molecular formula is C24H30N2O2. The molecule has 0 spiro atoms. The lowest BCUT2D eigenvalue weighted by molar-refractivity contribution is -0.135. The maximum atomic E-state index is 12.8. The number of likely N-dealkylation sites (tertiary alicyclic amines) is 1. The van der Waals surface area contributed by atoms with Gasteiger partial charge in [-0.05, 0) is 30.4 Å². The molecule has 2 heterocycles. The SMILES string of the molecule is O=C(CCc1ccccc1)N1CCC(c2ccccc2)(N2CCOCC2)CC1. The van der Waals surface area contributed by atoms with Gasteiger partial charge in [0.25, 0.3) is 0 Å². The lowest BCUT2D eigenvalue weighted by Gasteiger charge is -2.50. The second kappa shape index (κ2) is 8.89. The number of hydrogen-bond donors (Lipinski definition) is 0. The molecule has 2 aliphatic rings. The Balaban J connectivity index is 1.42. The van der Waals surface area contributed by atoms with Gasteiger partial charge in [-0.3, -0.25) is 9.69 Å². The monoisotopic (exact) mass is 378 g/mol. The molecule has 2 aromatic rings. The van der Waals surface area contributed by atoms with Crippen LogP contribution in [0.2, 0.25) is 0 Å². The van der Waals surface area contributed by atoms with Crippen LogP contribution in [0, 0.1) is 0 Å². The second-order valence-corrected chi connectivity index (χ2v) is 7.86. The largest absolute Gasteiger partial charge is 0.379 e. The summed E-state index contributed by atoms with van der Waals surface area (Å²) in [7, 11) is 0. The van der Waals surface area contributed by atoms with Crippen molar-refractivity contribution in [1.29, 1.82) is 0 Å². The summed E-state index contributed by atoms with van der Waals surface area (Å²) in [6.45, 7) is 5.20. The Hall–Kier alpha value is -2.17. The minimum absolute atomic E-state index is 0.0290. The molecule has 0 radical (unpaired) electrons. The van der Waals surface area contributed by atoms with Gasteiger partial charge in [0.05, 0.1) is 13.2 Å². The summed E-state index contributed by atoms with van der Waals surface area (Å²) in [5.74, 6) is 0.285. The van der Waals surface area contributed by atoms with Crippen LogP contribution in [0.15, 0.2) is 60.7 Å². The molecule has 0 saturated carbocycles. The zero-order chi connectivity index (χ0) is 19.2. The van der Waals surface area contributed by atoms with Gasteiger partial charge in [-0.1, -0.05) is 60.7 Å². The molecule has 28 heavy (non-hydrogen) atoms. The molecule has 2 aromatic carbocycles. The van der Waals surface area contributed by atoms with E-state index in [0.717, 1.165) is 58.7 Å². The Labute approximate surface area is 168 Å². The average molecular weight is 379 g/mol. The molecule has 1 amide bonds. The van der Waals surface area contributed by atoms with Crippen LogP contribution in [-0.2, 0) is 21.5 Å². The highest BCUT2D eigenvalue weighted by Gasteiger charge is 2.42. The van der Waals surface area contributed by atoms with Gasteiger partial charge in [0.1, 0.15) is 0 Å². The number of hydrogen-bond acceptors (Lipinski definition) is 3. The Morgan fingerprint density at radius 2 is 1.46 bits per heavy atom. The van der Waals surface area contributed by atoms with E-state index in [1.165, 1.54) is 11.1 Å². The van der Waals surface area contributed by atoms with E-state index in [-0.39, 0.29) is 11.4 Å². The smallest absolute Gasteiger partial charge is 0.222 e. The Kier molecular flexibility index (Phi) is 6.08. The zero-order valence-electron chi connectivity index (χ0n) is 16.6. The van der Waals surface area contributed by atoms with Crippen molar-refractivity contribution in [3.05, 3.63) is 71.8 Å². The van der Waals surface area contributed by atoms with E-state index < -0.39 is 0 Å². The number of piperidine rings is 1. The number of benzene rings is 2. The first-order valence-corrected chi connectivity index (χ1v) is 10.5. The Bertz CT molecular complexity index is 749. The molecule has 0 aliphatic carbocycles. The van der Waals surface area contributed by atoms with Gasteiger partial charge in [0.2, 0.25) is 5.91 Å². The van der Waals surface area contributed by atoms with Crippen LogP contribution in [0.3, 0.4) is 0 Å². The topological polar surface area (TPSA) is 32.8 Å². The summed E-state index contributed by atoms with van der Waals surface area (Å²) in [4.78, 5) is 17.5. The third-order valence-corrected chi connectivity index (χ3v) is 6.34. The fraction of sp³-hybridized carbons (Fsp3) is 0.458. The molecule has 2 fully saturated rings. The fourth-order valence-electron chi connectivity index (χ4n) is 4.71. The maximum absolute atomic E-state index is 12.8. The molecule has 0 N–H and O–H groups in total. The van der Waals surface area contributed by atoms with E-state index in [0.29, 0.717) is 6.42 Å². The molecule has 4 nitrogen and oxygen atoms in total. The summed E-state index contributed by atoms with van der Waals surface area (Å²) in [5.41, 5.74) is 2.65. The predicted octanol–water partition coefficient (Wildman–Crippen LogP) is 3.47. The number of morpholine rings is 1. The number of nitrogens with zero attached hydrogens (tertiary/aromatic N) is 2. The normalized spacial score (nSPS) is 20.1. The van der Waals surface area contributed by atoms with Gasteiger partial charge in [0.15, 0.2) is 0 Å². The molecule has 0 atom stereocenters. The highest BCUT2D eigenvalue weighted by molar-refractivity contribution is 5.76. The Morgan fingerprint density at radius 3 is 2.11 bits per heavy atom. The van der Waals surface area contributed by atoms with Crippen LogP contribution < -0.4 is 0 Å². The molecule has 0 aromatic heterocycles. The second-order valence-electron chi connectivity index (χ2n) is 7.86. The van der Waals surface area contributed by atoms with Crippen LogP contribution in [0.4, 0.5) is 0 Å². The highest BCUT2D eigenvalue weighted by atomic mass is 16.5. The molecule has 4 rings (SSSR count). The van der Waals surface area contributed by atoms with Crippen molar-refractivity contribution in [3.8, 4) is 0 Å². The van der Waals surface area contributed by atoms with E-state index in [4.69, 9.17) is 4.74 Å². The Morgan fingerprint density at radius 1 is 0.857 bits per heavy atom. The average Bonchev–Trinajstić information content (AvgIpc) is 2.79. The van der Waals surface area contributed by atoms with Crippen molar-refractivity contribution >= 4 is 5.91 Å². The van der Waals surface area contributed by atoms with E-state index >= 15 is 0 Å². The fourth-order valence-corrected chi connectivity index (χ4v) is 4.71. The molecule has 2 saturated heterocycles. The maximum Gasteiger partial charge on any atom is 0.222 e. The van der Waals surface area contributed by atoms with Crippen LogP contribution >= 0.6 is 0 Å². The van der Waals surface area contributed by atoms with Crippen molar-refractivity contribution < 1.29 is 9.53 Å². The summed E-state index contributed by atoms with van der Waals surface area (Å²) < 4.78 is 5.60. The predicted molar refractivity (Wildman–Crippen MR) is 111 cm³/mol. The van der Waals surface area contributed by atoms with Gasteiger partial charge in [0, 0.05) is 38.1 Å². The molecular weight excluding hydrogens is 348 g/mol. The third kappa shape index (κ3) is 4.13. The highest BCUT2D eigenvalue weighted by Crippen LogP contribution is 2.39. The van der Waals surface area contributed by atoms with Gasteiger partial charge in [-0.25, -0.2) is 0 Å². The minimum atomic E-state index is 0.0290. The van der Waals surface area contributed by atoms with Crippen LogP contribution in [-0.4, -0.2) is 55.1 Å². The van der Waals surface area contributed by atoms with E-state index in [1.807, 2.05) is 18.2 Å². The van der Waals surface area contributed by atoms with Gasteiger partial charge in [-0.15, -0.1) is 0 Å². The molecule has 0 unspecified atom stereocenters. The third-order valence-electron chi connectivity index (χ3n) is 6.34. The first kappa shape index (κ1) is 19.2. The lowest BCUT2D eigenvalue weighted by atomic mass is 9.79. The molecule has 148 valence electrons. The molecule has 0 bridgehead atoms. The van der Waals surface area contributed by atoms with Crippen LogP contribution in [0.5, 0.6) is 0 Å². The van der Waals surface area contributed by atoms with Crippen molar-refractivity contribution in [3.63, 3.8) is 0 Å². The number of aryl methyl sites for hydroxylation is 1. The zero-order valence-corrected chi connectivity index (χ0v) is 16.6. The van der Waals surface area contributed by atoms with Gasteiger partial charge in [-0.2, -0.15) is 0 Å². The van der Waals surface area contributed by atoms with E-state index in [9.17, 15) is 4.79 Å². The summed E-state index contributed by atoms with van der Waals surface area (Å²) >= 11 is 0. The van der Waals surface area contributed by atoms with Gasteiger partial charge < -0.3 is 9.64 Å². The standard InChI is InChI=1S/C24H30N2O2/c27-23(12-11-21-7-3-1-4-8-21)25-15-13-24(14-16-25,22-9-5-2-6-10-22)26-17-19-28-20-18-26/h1-10H,11-20H2. The summed E-state index contributed by atoms with van der Waals surface area (Å²) in [5, 5.41) is 0. The van der Waals surface area contributed by atoms with Crippen molar-refractivity contribution in [2.75, 3.05) is 39.4 Å². The van der Waals surface area contributed by atoms with Crippen molar-refractivity contribution in [1.82, 2.24) is 9.80 Å². The first-order valence-electron chi connectivity index (χ1n) is 10.5. The number of carbonyl (C=O) groups is 1. The molecule has 2 aliphatic heterocycles. The quantitative estimate of drug-likeness (QED) is 0.799. The first-order chi connectivity index (χ1) is 13.8. The number of rotatable bonds is 5. The molecule has 4 heteroatoms. The van der Waals surface area contributed by atoms with E-state index in [2.05, 4.69) is 52.3 Å². The van der Waals surface area contributed by atoms with Gasteiger partial charge >= 0.3 is 0 Å². The number of carbonyl (C=O) groups excluding carboxylic acids is 1. The van der Waals surface area contributed by atoms with Crippen molar-refractivity contribution in [2.24, 2.45) is 0 Å². The van der Waals surface area contributed by atoms with Crippen LogP contribution in [0.25, 0.3) is 0 Å². The van der Waals surface area contributed by atoms with Crippen molar-refractivity contribution in [2.45, 2.75) is 31.2 Å². The number of amides is 1.